The summed E-state index contributed by atoms with van der Waals surface area (Å²) in [4.78, 5) is 8.87. The van der Waals surface area contributed by atoms with E-state index in [1.807, 2.05) is 39.1 Å². The molecule has 104 valence electrons. The molecule has 3 N–H and O–H groups in total. The van der Waals surface area contributed by atoms with Crippen LogP contribution in [0, 0.1) is 20.8 Å². The summed E-state index contributed by atoms with van der Waals surface area (Å²) in [5.41, 5.74) is 11.7. The monoisotopic (exact) mass is 286 g/mol. The molecule has 0 fully saturated rings. The zero-order chi connectivity index (χ0) is 14.7. The van der Waals surface area contributed by atoms with E-state index in [1.165, 1.54) is 5.56 Å². The predicted octanol–water partition coefficient (Wildman–Crippen LogP) is 2.65. The van der Waals surface area contributed by atoms with E-state index < -0.39 is 0 Å². The van der Waals surface area contributed by atoms with Crippen LogP contribution in [-0.2, 0) is 6.54 Å². The number of nitrogens with two attached hydrogens (primary N) is 1. The lowest BCUT2D eigenvalue weighted by atomic mass is 10.1. The van der Waals surface area contributed by atoms with Crippen LogP contribution in [0.25, 0.3) is 0 Å². The lowest BCUT2D eigenvalue weighted by molar-refractivity contribution is 1.06. The topological polar surface area (TPSA) is 63.8 Å². The van der Waals surface area contributed by atoms with E-state index in [0.717, 1.165) is 28.2 Å². The normalized spacial score (nSPS) is 10.3. The van der Waals surface area contributed by atoms with Gasteiger partial charge in [0.25, 0.3) is 0 Å². The number of thiocarbonyl (C=S) groups is 1. The first kappa shape index (κ1) is 14.4. The molecule has 2 heterocycles. The van der Waals surface area contributed by atoms with Gasteiger partial charge in [0, 0.05) is 36.0 Å². The lowest BCUT2D eigenvalue weighted by Crippen LogP contribution is -2.16. The number of nitrogens with one attached hydrogen (secondary N) is 1. The fourth-order valence-electron chi connectivity index (χ4n) is 2.17. The third kappa shape index (κ3) is 3.11. The summed E-state index contributed by atoms with van der Waals surface area (Å²) in [5.74, 6) is 0. The van der Waals surface area contributed by atoms with Crippen molar-refractivity contribution in [2.75, 3.05) is 5.32 Å². The fourth-order valence-corrected chi connectivity index (χ4v) is 2.43. The molecule has 0 aliphatic carbocycles. The number of pyridine rings is 2. The standard InChI is InChI=1S/C15H18N4S/c1-9-7-17-5-4-12(9)8-18-13-6-10(2)19-11(3)14(13)15(16)20/h4-7H,8H2,1-3H3,(H2,16,20)(H,18,19). The van der Waals surface area contributed by atoms with Crippen LogP contribution in [0.2, 0.25) is 0 Å². The van der Waals surface area contributed by atoms with Crippen molar-refractivity contribution in [2.45, 2.75) is 27.3 Å². The Labute approximate surface area is 124 Å². The van der Waals surface area contributed by atoms with Crippen LogP contribution < -0.4 is 11.1 Å². The molecule has 0 aliphatic heterocycles. The SMILES string of the molecule is Cc1cc(NCc2ccncc2C)c(C(N)=S)c(C)n1. The van der Waals surface area contributed by atoms with E-state index in [0.29, 0.717) is 11.5 Å². The van der Waals surface area contributed by atoms with Gasteiger partial charge in [-0.1, -0.05) is 12.2 Å². The maximum absolute atomic E-state index is 5.81. The number of nitrogens with zero attached hydrogens (tertiary/aromatic N) is 2. The summed E-state index contributed by atoms with van der Waals surface area (Å²) in [5, 5.41) is 3.40. The molecule has 0 atom stereocenters. The molecule has 0 unspecified atom stereocenters. The molecule has 0 saturated heterocycles. The predicted molar refractivity (Wildman–Crippen MR) is 85.9 cm³/mol. The second kappa shape index (κ2) is 5.96. The number of hydrogen-bond donors (Lipinski definition) is 2. The second-order valence-corrected chi connectivity index (χ2v) is 5.23. The number of aryl methyl sites for hydroxylation is 3. The third-order valence-corrected chi connectivity index (χ3v) is 3.38. The molecule has 2 aromatic heterocycles. The summed E-state index contributed by atoms with van der Waals surface area (Å²) < 4.78 is 0. The van der Waals surface area contributed by atoms with Gasteiger partial charge in [-0.25, -0.2) is 0 Å². The first-order valence-electron chi connectivity index (χ1n) is 6.40. The molecule has 0 saturated carbocycles. The molecule has 2 aromatic rings. The molecule has 0 radical (unpaired) electrons. The highest BCUT2D eigenvalue weighted by atomic mass is 32.1. The number of hydrogen-bond acceptors (Lipinski definition) is 4. The van der Waals surface area contributed by atoms with Crippen LogP contribution in [0.1, 0.15) is 28.1 Å². The molecule has 0 aromatic carbocycles. The smallest absolute Gasteiger partial charge is 0.107 e. The summed E-state index contributed by atoms with van der Waals surface area (Å²) in [6.07, 6.45) is 3.65. The van der Waals surface area contributed by atoms with Crippen molar-refractivity contribution in [1.29, 1.82) is 0 Å². The minimum absolute atomic E-state index is 0.365. The van der Waals surface area contributed by atoms with Gasteiger partial charge >= 0.3 is 0 Å². The van der Waals surface area contributed by atoms with Crippen LogP contribution in [0.3, 0.4) is 0 Å². The van der Waals surface area contributed by atoms with Gasteiger partial charge in [0.05, 0.1) is 5.56 Å². The highest BCUT2D eigenvalue weighted by Crippen LogP contribution is 2.21. The molecule has 20 heavy (non-hydrogen) atoms. The van der Waals surface area contributed by atoms with Crippen LogP contribution >= 0.6 is 12.2 Å². The quantitative estimate of drug-likeness (QED) is 0.846. The largest absolute Gasteiger partial charge is 0.389 e. The van der Waals surface area contributed by atoms with Crippen LogP contribution in [0.15, 0.2) is 24.5 Å². The molecule has 2 rings (SSSR count). The Bertz CT molecular complexity index is 652. The van der Waals surface area contributed by atoms with Crippen molar-refractivity contribution in [3.05, 3.63) is 52.6 Å². The summed E-state index contributed by atoms with van der Waals surface area (Å²) in [6, 6.07) is 3.97. The van der Waals surface area contributed by atoms with Crippen molar-refractivity contribution in [2.24, 2.45) is 5.73 Å². The van der Waals surface area contributed by atoms with Crippen molar-refractivity contribution in [3.63, 3.8) is 0 Å². The molecule has 0 bridgehead atoms. The average molecular weight is 286 g/mol. The van der Waals surface area contributed by atoms with Gasteiger partial charge in [-0.05, 0) is 44.0 Å². The molecule has 0 aliphatic rings. The minimum atomic E-state index is 0.365. The maximum Gasteiger partial charge on any atom is 0.107 e. The van der Waals surface area contributed by atoms with Crippen LogP contribution in [-0.4, -0.2) is 15.0 Å². The first-order chi connectivity index (χ1) is 9.49. The maximum atomic E-state index is 5.81. The van der Waals surface area contributed by atoms with E-state index in [4.69, 9.17) is 18.0 Å². The number of rotatable bonds is 4. The lowest BCUT2D eigenvalue weighted by Gasteiger charge is -2.15. The van der Waals surface area contributed by atoms with E-state index in [1.54, 1.807) is 6.20 Å². The molecule has 0 spiro atoms. The molecular formula is C15H18N4S. The van der Waals surface area contributed by atoms with Crippen molar-refractivity contribution in [3.8, 4) is 0 Å². The Morgan fingerprint density at radius 3 is 2.75 bits per heavy atom. The van der Waals surface area contributed by atoms with Crippen molar-refractivity contribution >= 4 is 22.9 Å². The van der Waals surface area contributed by atoms with Crippen LogP contribution in [0.4, 0.5) is 5.69 Å². The zero-order valence-electron chi connectivity index (χ0n) is 11.9. The highest BCUT2D eigenvalue weighted by molar-refractivity contribution is 7.80. The minimum Gasteiger partial charge on any atom is -0.389 e. The van der Waals surface area contributed by atoms with Crippen molar-refractivity contribution < 1.29 is 0 Å². The van der Waals surface area contributed by atoms with Gasteiger partial charge in [0.2, 0.25) is 0 Å². The summed E-state index contributed by atoms with van der Waals surface area (Å²) >= 11 is 5.12. The Hall–Kier alpha value is -2.01. The zero-order valence-corrected chi connectivity index (χ0v) is 12.7. The second-order valence-electron chi connectivity index (χ2n) is 4.79. The fraction of sp³-hybridized carbons (Fsp3) is 0.267. The highest BCUT2D eigenvalue weighted by Gasteiger charge is 2.11. The van der Waals surface area contributed by atoms with Gasteiger partial charge in [-0.15, -0.1) is 0 Å². The van der Waals surface area contributed by atoms with Gasteiger partial charge in [-0.3, -0.25) is 9.97 Å². The Balaban J connectivity index is 2.30. The van der Waals surface area contributed by atoms with E-state index >= 15 is 0 Å². The van der Waals surface area contributed by atoms with Crippen molar-refractivity contribution in [1.82, 2.24) is 9.97 Å². The Kier molecular flexibility index (Phi) is 4.29. The van der Waals surface area contributed by atoms with E-state index in [-0.39, 0.29) is 0 Å². The number of aromatic nitrogens is 2. The molecule has 5 heteroatoms. The average Bonchev–Trinajstić information content (AvgIpc) is 2.36. The van der Waals surface area contributed by atoms with Gasteiger partial charge in [-0.2, -0.15) is 0 Å². The van der Waals surface area contributed by atoms with Gasteiger partial charge in [0.1, 0.15) is 4.99 Å². The molecule has 4 nitrogen and oxygen atoms in total. The third-order valence-electron chi connectivity index (χ3n) is 3.18. The molecule has 0 amide bonds. The summed E-state index contributed by atoms with van der Waals surface area (Å²) in [7, 11) is 0. The Morgan fingerprint density at radius 1 is 1.35 bits per heavy atom. The van der Waals surface area contributed by atoms with Gasteiger partial charge < -0.3 is 11.1 Å². The van der Waals surface area contributed by atoms with Crippen LogP contribution in [0.5, 0.6) is 0 Å². The number of anilines is 1. The molecular weight excluding hydrogens is 268 g/mol. The van der Waals surface area contributed by atoms with Gasteiger partial charge in [0.15, 0.2) is 0 Å². The Morgan fingerprint density at radius 2 is 2.10 bits per heavy atom. The van der Waals surface area contributed by atoms with E-state index in [9.17, 15) is 0 Å². The summed E-state index contributed by atoms with van der Waals surface area (Å²) in [6.45, 7) is 6.62. The van der Waals surface area contributed by atoms with E-state index in [2.05, 4.69) is 15.3 Å². The first-order valence-corrected chi connectivity index (χ1v) is 6.81.